The van der Waals surface area contributed by atoms with E-state index < -0.39 is 0 Å². The van der Waals surface area contributed by atoms with Crippen molar-refractivity contribution in [1.29, 1.82) is 0 Å². The number of aryl methyl sites for hydroxylation is 3. The van der Waals surface area contributed by atoms with E-state index in [1.54, 1.807) is 0 Å². The third-order valence-corrected chi connectivity index (χ3v) is 2.27. The van der Waals surface area contributed by atoms with E-state index in [1.165, 1.54) is 11.3 Å². The second-order valence-corrected chi connectivity index (χ2v) is 3.22. The van der Waals surface area contributed by atoms with E-state index >= 15 is 0 Å². The van der Waals surface area contributed by atoms with Crippen LogP contribution in [0, 0.1) is 20.8 Å². The SMILES string of the molecule is CC.Cc1ccc2[nH]c(C)c(C)c2n1. The standard InChI is InChI=1S/C10H12N2.C2H6/c1-6-4-5-9-10(11-6)7(2)8(3)12-9;1-2/h4-5,12H,1-3H3;1-2H3. The van der Waals surface area contributed by atoms with Crippen LogP contribution in [-0.2, 0) is 0 Å². The van der Waals surface area contributed by atoms with Gasteiger partial charge in [0.05, 0.1) is 11.0 Å². The zero-order valence-electron chi connectivity index (χ0n) is 9.60. The first-order valence-corrected chi connectivity index (χ1v) is 5.11. The van der Waals surface area contributed by atoms with Gasteiger partial charge < -0.3 is 4.98 Å². The normalized spacial score (nSPS) is 9.79. The fourth-order valence-electron chi connectivity index (χ4n) is 1.42. The molecular weight excluding hydrogens is 172 g/mol. The molecule has 2 nitrogen and oxygen atoms in total. The monoisotopic (exact) mass is 190 g/mol. The van der Waals surface area contributed by atoms with Crippen LogP contribution in [0.2, 0.25) is 0 Å². The summed E-state index contributed by atoms with van der Waals surface area (Å²) in [7, 11) is 0. The Bertz CT molecular complexity index is 427. The molecule has 0 spiro atoms. The van der Waals surface area contributed by atoms with E-state index in [0.29, 0.717) is 0 Å². The molecule has 14 heavy (non-hydrogen) atoms. The Balaban J connectivity index is 0.000000461. The summed E-state index contributed by atoms with van der Waals surface area (Å²) in [6, 6.07) is 4.11. The highest BCUT2D eigenvalue weighted by Gasteiger charge is 2.03. The van der Waals surface area contributed by atoms with Crippen molar-refractivity contribution >= 4 is 11.0 Å². The molecule has 0 saturated carbocycles. The first kappa shape index (κ1) is 10.8. The summed E-state index contributed by atoms with van der Waals surface area (Å²) in [5.41, 5.74) is 5.78. The van der Waals surface area contributed by atoms with Crippen molar-refractivity contribution < 1.29 is 0 Å². The van der Waals surface area contributed by atoms with E-state index in [0.717, 1.165) is 16.7 Å². The molecule has 2 rings (SSSR count). The zero-order chi connectivity index (χ0) is 10.7. The lowest BCUT2D eigenvalue weighted by Gasteiger charge is -1.92. The average molecular weight is 190 g/mol. The Hall–Kier alpha value is -1.31. The number of nitrogens with one attached hydrogen (secondary N) is 1. The lowest BCUT2D eigenvalue weighted by atomic mass is 10.2. The highest BCUT2D eigenvalue weighted by molar-refractivity contribution is 5.80. The molecule has 1 N–H and O–H groups in total. The maximum Gasteiger partial charge on any atom is 0.0913 e. The second-order valence-electron chi connectivity index (χ2n) is 3.22. The van der Waals surface area contributed by atoms with Gasteiger partial charge in [0.15, 0.2) is 0 Å². The average Bonchev–Trinajstić information content (AvgIpc) is 2.48. The fraction of sp³-hybridized carbons (Fsp3) is 0.417. The van der Waals surface area contributed by atoms with Crippen molar-refractivity contribution in [3.05, 3.63) is 29.1 Å². The minimum Gasteiger partial charge on any atom is -0.357 e. The van der Waals surface area contributed by atoms with Crippen LogP contribution in [0.5, 0.6) is 0 Å². The molecule has 0 bridgehead atoms. The second kappa shape index (κ2) is 4.27. The molecule has 2 aromatic heterocycles. The summed E-state index contributed by atoms with van der Waals surface area (Å²) in [4.78, 5) is 7.76. The highest BCUT2D eigenvalue weighted by Crippen LogP contribution is 2.18. The lowest BCUT2D eigenvalue weighted by molar-refractivity contribution is 1.24. The van der Waals surface area contributed by atoms with Gasteiger partial charge >= 0.3 is 0 Å². The van der Waals surface area contributed by atoms with Crippen LogP contribution in [0.15, 0.2) is 12.1 Å². The third-order valence-electron chi connectivity index (χ3n) is 2.27. The molecule has 0 radical (unpaired) electrons. The number of pyridine rings is 1. The molecule has 0 atom stereocenters. The van der Waals surface area contributed by atoms with E-state index in [2.05, 4.69) is 29.9 Å². The Labute approximate surface area is 85.4 Å². The van der Waals surface area contributed by atoms with E-state index in [1.807, 2.05) is 26.8 Å². The summed E-state index contributed by atoms with van der Waals surface area (Å²) >= 11 is 0. The molecule has 0 unspecified atom stereocenters. The quantitative estimate of drug-likeness (QED) is 0.676. The Morgan fingerprint density at radius 3 is 2.36 bits per heavy atom. The van der Waals surface area contributed by atoms with Gasteiger partial charge in [-0.05, 0) is 38.5 Å². The maximum atomic E-state index is 4.46. The first-order chi connectivity index (χ1) is 6.68. The molecule has 0 amide bonds. The van der Waals surface area contributed by atoms with Crippen LogP contribution in [-0.4, -0.2) is 9.97 Å². The van der Waals surface area contributed by atoms with Crippen molar-refractivity contribution in [3.8, 4) is 0 Å². The molecule has 0 fully saturated rings. The Kier molecular flexibility index (Phi) is 3.28. The molecule has 2 heterocycles. The van der Waals surface area contributed by atoms with Crippen molar-refractivity contribution in [2.75, 3.05) is 0 Å². The minimum atomic E-state index is 1.07. The van der Waals surface area contributed by atoms with Gasteiger partial charge in [-0.25, -0.2) is 0 Å². The number of fused-ring (bicyclic) bond motifs is 1. The van der Waals surface area contributed by atoms with Crippen LogP contribution < -0.4 is 0 Å². The van der Waals surface area contributed by atoms with Gasteiger partial charge in [0.2, 0.25) is 0 Å². The van der Waals surface area contributed by atoms with Crippen LogP contribution >= 0.6 is 0 Å². The van der Waals surface area contributed by atoms with Gasteiger partial charge in [0.25, 0.3) is 0 Å². The van der Waals surface area contributed by atoms with Crippen LogP contribution in [0.3, 0.4) is 0 Å². The molecule has 0 aliphatic carbocycles. The Morgan fingerprint density at radius 1 is 1.07 bits per heavy atom. The molecule has 0 aliphatic heterocycles. The predicted molar refractivity (Wildman–Crippen MR) is 61.7 cm³/mol. The number of aromatic nitrogens is 2. The molecular formula is C12H18N2. The highest BCUT2D eigenvalue weighted by atomic mass is 14.8. The lowest BCUT2D eigenvalue weighted by Crippen LogP contribution is -1.80. The number of hydrogen-bond acceptors (Lipinski definition) is 1. The smallest absolute Gasteiger partial charge is 0.0913 e. The van der Waals surface area contributed by atoms with Crippen molar-refractivity contribution in [1.82, 2.24) is 9.97 Å². The van der Waals surface area contributed by atoms with Gasteiger partial charge in [-0.2, -0.15) is 0 Å². The zero-order valence-corrected chi connectivity index (χ0v) is 9.60. The largest absolute Gasteiger partial charge is 0.357 e. The van der Waals surface area contributed by atoms with Crippen LogP contribution in [0.4, 0.5) is 0 Å². The minimum absolute atomic E-state index is 1.07. The molecule has 76 valence electrons. The summed E-state index contributed by atoms with van der Waals surface area (Å²) in [6.45, 7) is 10.2. The molecule has 0 saturated heterocycles. The van der Waals surface area contributed by atoms with Crippen molar-refractivity contribution in [2.45, 2.75) is 34.6 Å². The fourth-order valence-corrected chi connectivity index (χ4v) is 1.42. The van der Waals surface area contributed by atoms with E-state index in [9.17, 15) is 0 Å². The van der Waals surface area contributed by atoms with Gasteiger partial charge in [0, 0.05) is 11.4 Å². The van der Waals surface area contributed by atoms with Gasteiger partial charge in [-0.1, -0.05) is 13.8 Å². The topological polar surface area (TPSA) is 28.7 Å². The van der Waals surface area contributed by atoms with Crippen LogP contribution in [0.25, 0.3) is 11.0 Å². The molecule has 0 aliphatic rings. The van der Waals surface area contributed by atoms with Crippen molar-refractivity contribution in [2.24, 2.45) is 0 Å². The van der Waals surface area contributed by atoms with E-state index in [4.69, 9.17) is 0 Å². The number of hydrogen-bond donors (Lipinski definition) is 1. The van der Waals surface area contributed by atoms with Gasteiger partial charge in [-0.3, -0.25) is 4.98 Å². The van der Waals surface area contributed by atoms with Crippen molar-refractivity contribution in [3.63, 3.8) is 0 Å². The maximum absolute atomic E-state index is 4.46. The Morgan fingerprint density at radius 2 is 1.71 bits per heavy atom. The number of nitrogens with zero attached hydrogens (tertiary/aromatic N) is 1. The van der Waals surface area contributed by atoms with Crippen LogP contribution in [0.1, 0.15) is 30.8 Å². The van der Waals surface area contributed by atoms with Gasteiger partial charge in [0.1, 0.15) is 0 Å². The summed E-state index contributed by atoms with van der Waals surface area (Å²) in [5, 5.41) is 0. The summed E-state index contributed by atoms with van der Waals surface area (Å²) in [5.74, 6) is 0. The number of aromatic amines is 1. The molecule has 0 aromatic carbocycles. The van der Waals surface area contributed by atoms with Gasteiger partial charge in [-0.15, -0.1) is 0 Å². The third kappa shape index (κ3) is 1.79. The van der Waals surface area contributed by atoms with E-state index in [-0.39, 0.29) is 0 Å². The summed E-state index contributed by atoms with van der Waals surface area (Å²) < 4.78 is 0. The number of H-pyrrole nitrogens is 1. The summed E-state index contributed by atoms with van der Waals surface area (Å²) in [6.07, 6.45) is 0. The molecule has 2 heteroatoms. The number of rotatable bonds is 0. The first-order valence-electron chi connectivity index (χ1n) is 5.11. The predicted octanol–water partition coefficient (Wildman–Crippen LogP) is 3.51. The molecule has 2 aromatic rings.